The average Bonchev–Trinajstić information content (AvgIpc) is 2.19. The fraction of sp³-hybridized carbons (Fsp3) is 1.00. The first-order chi connectivity index (χ1) is 6.84. The normalized spacial score (nSPS) is 31.9. The summed E-state index contributed by atoms with van der Waals surface area (Å²) in [6, 6.07) is 0. The largest absolute Gasteiger partial charge is 0.317 e. The topological polar surface area (TPSA) is 15.3 Å². The van der Waals surface area contributed by atoms with Crippen molar-refractivity contribution in [3.63, 3.8) is 0 Å². The van der Waals surface area contributed by atoms with Crippen molar-refractivity contribution < 1.29 is 0 Å². The van der Waals surface area contributed by atoms with Gasteiger partial charge in [-0.05, 0) is 31.8 Å². The van der Waals surface area contributed by atoms with Crippen molar-refractivity contribution in [1.82, 2.24) is 10.2 Å². The molecule has 2 aliphatic rings. The summed E-state index contributed by atoms with van der Waals surface area (Å²) < 4.78 is 0. The van der Waals surface area contributed by atoms with Gasteiger partial charge >= 0.3 is 0 Å². The Balaban J connectivity index is 1.72. The van der Waals surface area contributed by atoms with Crippen molar-refractivity contribution in [2.45, 2.75) is 25.0 Å². The average molecular weight is 214 g/mol. The summed E-state index contributed by atoms with van der Waals surface area (Å²) in [5, 5.41) is 4.29. The Kier molecular flexibility index (Phi) is 4.14. The van der Waals surface area contributed by atoms with E-state index in [1.54, 1.807) is 0 Å². The van der Waals surface area contributed by atoms with Crippen LogP contribution in [0.5, 0.6) is 0 Å². The van der Waals surface area contributed by atoms with Crippen LogP contribution < -0.4 is 5.32 Å². The number of nitrogens with one attached hydrogen (secondary N) is 1. The summed E-state index contributed by atoms with van der Waals surface area (Å²) >= 11 is 2.13. The van der Waals surface area contributed by atoms with Crippen LogP contribution in [0.3, 0.4) is 0 Å². The van der Waals surface area contributed by atoms with E-state index in [1.807, 2.05) is 0 Å². The zero-order valence-corrected chi connectivity index (χ0v) is 9.98. The first kappa shape index (κ1) is 10.8. The lowest BCUT2D eigenvalue weighted by Gasteiger charge is -2.34. The third-order valence-corrected chi connectivity index (χ3v) is 4.44. The van der Waals surface area contributed by atoms with E-state index in [9.17, 15) is 0 Å². The highest BCUT2D eigenvalue weighted by Crippen LogP contribution is 2.20. The second kappa shape index (κ2) is 5.38. The van der Waals surface area contributed by atoms with Gasteiger partial charge in [-0.2, -0.15) is 11.8 Å². The Hall–Kier alpha value is 0.270. The number of hydrogen-bond donors (Lipinski definition) is 1. The van der Waals surface area contributed by atoms with Gasteiger partial charge in [0.1, 0.15) is 0 Å². The van der Waals surface area contributed by atoms with Gasteiger partial charge in [-0.15, -0.1) is 0 Å². The Morgan fingerprint density at radius 3 is 2.86 bits per heavy atom. The molecular formula is C11H22N2S. The maximum atomic E-state index is 3.44. The lowest BCUT2D eigenvalue weighted by atomic mass is 9.97. The van der Waals surface area contributed by atoms with Gasteiger partial charge in [0.2, 0.25) is 0 Å². The molecule has 2 aliphatic heterocycles. The van der Waals surface area contributed by atoms with E-state index in [0.717, 1.165) is 11.2 Å². The SMILES string of the molecule is CC1CN(CC2CCNCC2)CCS1. The molecule has 82 valence electrons. The van der Waals surface area contributed by atoms with E-state index in [1.165, 1.54) is 51.3 Å². The smallest absolute Gasteiger partial charge is 0.0147 e. The van der Waals surface area contributed by atoms with Crippen molar-refractivity contribution >= 4 is 11.8 Å². The number of thioether (sulfide) groups is 1. The lowest BCUT2D eigenvalue weighted by molar-refractivity contribution is 0.213. The van der Waals surface area contributed by atoms with Crippen LogP contribution in [0.2, 0.25) is 0 Å². The fourth-order valence-electron chi connectivity index (χ4n) is 2.49. The molecule has 0 amide bonds. The van der Waals surface area contributed by atoms with Gasteiger partial charge in [-0.3, -0.25) is 0 Å². The van der Waals surface area contributed by atoms with Gasteiger partial charge in [0, 0.05) is 30.6 Å². The van der Waals surface area contributed by atoms with Crippen molar-refractivity contribution in [1.29, 1.82) is 0 Å². The molecule has 0 radical (unpaired) electrons. The molecule has 0 spiro atoms. The maximum Gasteiger partial charge on any atom is 0.0147 e. The van der Waals surface area contributed by atoms with Crippen molar-refractivity contribution in [2.24, 2.45) is 5.92 Å². The molecule has 1 N–H and O–H groups in total. The lowest BCUT2D eigenvalue weighted by Crippen LogP contribution is -2.42. The Morgan fingerprint density at radius 1 is 1.36 bits per heavy atom. The summed E-state index contributed by atoms with van der Waals surface area (Å²) in [7, 11) is 0. The molecule has 1 atom stereocenters. The molecule has 2 nitrogen and oxygen atoms in total. The first-order valence-corrected chi connectivity index (χ1v) is 6.94. The summed E-state index contributed by atoms with van der Waals surface area (Å²) in [5.74, 6) is 2.30. The van der Waals surface area contributed by atoms with Crippen LogP contribution in [-0.2, 0) is 0 Å². The van der Waals surface area contributed by atoms with Gasteiger partial charge in [0.05, 0.1) is 0 Å². The zero-order chi connectivity index (χ0) is 9.80. The molecule has 2 rings (SSSR count). The number of hydrogen-bond acceptors (Lipinski definition) is 3. The minimum Gasteiger partial charge on any atom is -0.317 e. The maximum absolute atomic E-state index is 3.44. The van der Waals surface area contributed by atoms with Crippen LogP contribution in [0, 0.1) is 5.92 Å². The zero-order valence-electron chi connectivity index (χ0n) is 9.17. The van der Waals surface area contributed by atoms with Gasteiger partial charge < -0.3 is 10.2 Å². The van der Waals surface area contributed by atoms with Gasteiger partial charge in [0.25, 0.3) is 0 Å². The van der Waals surface area contributed by atoms with Crippen LogP contribution in [-0.4, -0.2) is 48.6 Å². The van der Waals surface area contributed by atoms with Crippen LogP contribution in [0.15, 0.2) is 0 Å². The van der Waals surface area contributed by atoms with E-state index in [4.69, 9.17) is 0 Å². The van der Waals surface area contributed by atoms with Crippen molar-refractivity contribution in [2.75, 3.05) is 38.5 Å². The monoisotopic (exact) mass is 214 g/mol. The minimum absolute atomic E-state index is 0.852. The van der Waals surface area contributed by atoms with Gasteiger partial charge in [-0.25, -0.2) is 0 Å². The summed E-state index contributed by atoms with van der Waals surface area (Å²) in [4.78, 5) is 2.68. The second-order valence-electron chi connectivity index (χ2n) is 4.63. The molecule has 1 unspecified atom stereocenters. The molecule has 2 fully saturated rings. The third kappa shape index (κ3) is 3.14. The molecule has 0 aliphatic carbocycles. The Labute approximate surface area is 91.8 Å². The Morgan fingerprint density at radius 2 is 2.14 bits per heavy atom. The molecular weight excluding hydrogens is 192 g/mol. The highest BCUT2D eigenvalue weighted by molar-refractivity contribution is 7.99. The van der Waals surface area contributed by atoms with E-state index in [2.05, 4.69) is 28.9 Å². The molecule has 0 bridgehead atoms. The molecule has 2 heterocycles. The van der Waals surface area contributed by atoms with E-state index in [-0.39, 0.29) is 0 Å². The second-order valence-corrected chi connectivity index (χ2v) is 6.18. The van der Waals surface area contributed by atoms with Crippen molar-refractivity contribution in [3.8, 4) is 0 Å². The molecule has 3 heteroatoms. The highest BCUT2D eigenvalue weighted by atomic mass is 32.2. The predicted octanol–water partition coefficient (Wildman–Crippen LogP) is 1.42. The summed E-state index contributed by atoms with van der Waals surface area (Å²) in [5.41, 5.74) is 0. The Bertz CT molecular complexity index is 169. The molecule has 0 aromatic heterocycles. The number of piperidine rings is 1. The van der Waals surface area contributed by atoms with E-state index >= 15 is 0 Å². The van der Waals surface area contributed by atoms with Crippen LogP contribution in [0.4, 0.5) is 0 Å². The molecule has 0 saturated carbocycles. The highest BCUT2D eigenvalue weighted by Gasteiger charge is 2.21. The quantitative estimate of drug-likeness (QED) is 0.748. The van der Waals surface area contributed by atoms with Gasteiger partial charge in [0.15, 0.2) is 0 Å². The fourth-order valence-corrected chi connectivity index (χ4v) is 3.57. The molecule has 2 saturated heterocycles. The molecule has 0 aromatic rings. The first-order valence-electron chi connectivity index (χ1n) is 5.89. The summed E-state index contributed by atoms with van der Waals surface area (Å²) in [6.45, 7) is 8.82. The predicted molar refractivity (Wildman–Crippen MR) is 64.0 cm³/mol. The van der Waals surface area contributed by atoms with Gasteiger partial charge in [-0.1, -0.05) is 6.92 Å². The van der Waals surface area contributed by atoms with Crippen LogP contribution in [0.1, 0.15) is 19.8 Å². The summed E-state index contributed by atoms with van der Waals surface area (Å²) in [6.07, 6.45) is 2.77. The number of rotatable bonds is 2. The van der Waals surface area contributed by atoms with Crippen LogP contribution >= 0.6 is 11.8 Å². The third-order valence-electron chi connectivity index (χ3n) is 3.30. The number of nitrogens with zero attached hydrogens (tertiary/aromatic N) is 1. The van der Waals surface area contributed by atoms with E-state index < -0.39 is 0 Å². The van der Waals surface area contributed by atoms with Crippen molar-refractivity contribution in [3.05, 3.63) is 0 Å². The molecule has 0 aromatic carbocycles. The van der Waals surface area contributed by atoms with Crippen LogP contribution in [0.25, 0.3) is 0 Å². The van der Waals surface area contributed by atoms with E-state index in [0.29, 0.717) is 0 Å². The molecule has 14 heavy (non-hydrogen) atoms. The standard InChI is InChI=1S/C11H22N2S/c1-10-8-13(6-7-14-10)9-11-2-4-12-5-3-11/h10-12H,2-9H2,1H3. The minimum atomic E-state index is 0.852.